The Labute approximate surface area is 228 Å². The van der Waals surface area contributed by atoms with E-state index in [4.69, 9.17) is 6.42 Å². The van der Waals surface area contributed by atoms with Crippen LogP contribution in [0.25, 0.3) is 11.0 Å². The zero-order chi connectivity index (χ0) is 27.6. The van der Waals surface area contributed by atoms with Crippen LogP contribution >= 0.6 is 0 Å². The summed E-state index contributed by atoms with van der Waals surface area (Å²) in [7, 11) is -1.37. The lowest BCUT2D eigenvalue weighted by atomic mass is 10.2. The number of pyridine rings is 1. The molecule has 0 radical (unpaired) electrons. The standard InChI is InChI=1S/C29H30N6O3S/c1-4-21-18-23-19-30-29(31-24-10-12-25(13-11-24)34-16-14-33(3)15-17-34)32-27(23)35(28(21)36)20-22-8-6-7-9-26(22)39(37,38)5-2/h1,6-13,18-19H,5,14-17,20H2,2-3H3,(H,30,31,32). The predicted octanol–water partition coefficient (Wildman–Crippen LogP) is 3.11. The van der Waals surface area contributed by atoms with Crippen molar-refractivity contribution in [1.29, 1.82) is 0 Å². The number of hydrogen-bond donors (Lipinski definition) is 1. The monoisotopic (exact) mass is 542 g/mol. The van der Waals surface area contributed by atoms with Gasteiger partial charge in [-0.05, 0) is 49.0 Å². The van der Waals surface area contributed by atoms with E-state index in [2.05, 4.69) is 50.2 Å². The number of sulfone groups is 1. The Morgan fingerprint density at radius 3 is 2.46 bits per heavy atom. The van der Waals surface area contributed by atoms with E-state index in [1.165, 1.54) is 4.57 Å². The lowest BCUT2D eigenvalue weighted by Gasteiger charge is -2.34. The highest BCUT2D eigenvalue weighted by molar-refractivity contribution is 7.91. The second-order valence-electron chi connectivity index (χ2n) is 9.54. The third kappa shape index (κ3) is 5.50. The van der Waals surface area contributed by atoms with E-state index in [9.17, 15) is 13.2 Å². The van der Waals surface area contributed by atoms with Crippen LogP contribution in [0.1, 0.15) is 18.1 Å². The van der Waals surface area contributed by atoms with Crippen LogP contribution in [0.15, 0.2) is 70.5 Å². The number of hydrogen-bond acceptors (Lipinski definition) is 8. The number of likely N-dealkylation sites (N-methyl/N-ethyl adjacent to an activating group) is 1. The number of piperazine rings is 1. The molecule has 2 aromatic carbocycles. The van der Waals surface area contributed by atoms with E-state index in [0.29, 0.717) is 22.5 Å². The van der Waals surface area contributed by atoms with Gasteiger partial charge in [-0.25, -0.2) is 13.4 Å². The summed E-state index contributed by atoms with van der Waals surface area (Å²) < 4.78 is 26.9. The van der Waals surface area contributed by atoms with Gasteiger partial charge < -0.3 is 15.1 Å². The van der Waals surface area contributed by atoms with Crippen LogP contribution in [0, 0.1) is 12.3 Å². The van der Waals surface area contributed by atoms with Crippen LogP contribution in [-0.2, 0) is 16.4 Å². The van der Waals surface area contributed by atoms with E-state index in [-0.39, 0.29) is 22.8 Å². The Morgan fingerprint density at radius 1 is 1.05 bits per heavy atom. The molecule has 4 aromatic rings. The summed E-state index contributed by atoms with van der Waals surface area (Å²) in [6, 6.07) is 16.3. The lowest BCUT2D eigenvalue weighted by Crippen LogP contribution is -2.44. The summed E-state index contributed by atoms with van der Waals surface area (Å²) in [4.78, 5) is 27.2. The molecule has 1 aliphatic heterocycles. The van der Waals surface area contributed by atoms with Gasteiger partial charge in [0.05, 0.1) is 22.8 Å². The minimum atomic E-state index is -3.50. The quantitative estimate of drug-likeness (QED) is 0.356. The van der Waals surface area contributed by atoms with Gasteiger partial charge in [0, 0.05) is 49.1 Å². The smallest absolute Gasteiger partial charge is 0.268 e. The van der Waals surface area contributed by atoms with Crippen LogP contribution < -0.4 is 15.8 Å². The van der Waals surface area contributed by atoms with Crippen molar-refractivity contribution >= 4 is 38.2 Å². The van der Waals surface area contributed by atoms with Crippen molar-refractivity contribution < 1.29 is 8.42 Å². The van der Waals surface area contributed by atoms with Crippen LogP contribution in [0.5, 0.6) is 0 Å². The molecule has 1 fully saturated rings. The Morgan fingerprint density at radius 2 is 1.77 bits per heavy atom. The molecule has 3 heterocycles. The maximum Gasteiger partial charge on any atom is 0.268 e. The molecule has 0 unspecified atom stereocenters. The van der Waals surface area contributed by atoms with Crippen LogP contribution in [0.3, 0.4) is 0 Å². The van der Waals surface area contributed by atoms with Gasteiger partial charge in [0.25, 0.3) is 5.56 Å². The van der Waals surface area contributed by atoms with Crippen molar-refractivity contribution in [2.24, 2.45) is 0 Å². The van der Waals surface area contributed by atoms with Crippen molar-refractivity contribution in [1.82, 2.24) is 19.4 Å². The zero-order valence-electron chi connectivity index (χ0n) is 22.0. The molecule has 200 valence electrons. The molecule has 1 saturated heterocycles. The van der Waals surface area contributed by atoms with Crippen molar-refractivity contribution in [2.45, 2.75) is 18.4 Å². The maximum absolute atomic E-state index is 13.3. The Bertz CT molecular complexity index is 1720. The number of anilines is 3. The van der Waals surface area contributed by atoms with Gasteiger partial charge in [-0.2, -0.15) is 4.98 Å². The molecule has 0 saturated carbocycles. The second kappa shape index (κ2) is 10.9. The van der Waals surface area contributed by atoms with Crippen LogP contribution in [0.2, 0.25) is 0 Å². The number of fused-ring (bicyclic) bond motifs is 1. The normalized spacial score (nSPS) is 14.3. The average Bonchev–Trinajstić information content (AvgIpc) is 2.95. The summed E-state index contributed by atoms with van der Waals surface area (Å²) in [5, 5.41) is 3.79. The van der Waals surface area contributed by atoms with Crippen LogP contribution in [-0.4, -0.2) is 66.8 Å². The number of benzene rings is 2. The van der Waals surface area contributed by atoms with Crippen molar-refractivity contribution in [3.05, 3.63) is 82.3 Å². The fourth-order valence-electron chi connectivity index (χ4n) is 4.68. The molecule has 2 aromatic heterocycles. The fourth-order valence-corrected chi connectivity index (χ4v) is 5.81. The first-order chi connectivity index (χ1) is 18.8. The number of nitrogens with one attached hydrogen (secondary N) is 1. The van der Waals surface area contributed by atoms with E-state index in [1.807, 2.05) is 12.1 Å². The zero-order valence-corrected chi connectivity index (χ0v) is 22.8. The Hall–Kier alpha value is -4.20. The molecule has 5 rings (SSSR count). The first-order valence-electron chi connectivity index (χ1n) is 12.8. The minimum absolute atomic E-state index is 0.00354. The number of aromatic nitrogens is 3. The molecule has 1 N–H and O–H groups in total. The van der Waals surface area contributed by atoms with Gasteiger partial charge >= 0.3 is 0 Å². The third-order valence-electron chi connectivity index (χ3n) is 6.99. The summed E-state index contributed by atoms with van der Waals surface area (Å²) in [6.45, 7) is 5.62. The molecule has 1 aliphatic rings. The molecule has 0 aliphatic carbocycles. The molecule has 39 heavy (non-hydrogen) atoms. The van der Waals surface area contributed by atoms with Gasteiger partial charge in [0.15, 0.2) is 9.84 Å². The van der Waals surface area contributed by atoms with Gasteiger partial charge in [0.1, 0.15) is 5.65 Å². The van der Waals surface area contributed by atoms with Crippen molar-refractivity contribution in [3.8, 4) is 12.3 Å². The van der Waals surface area contributed by atoms with E-state index >= 15 is 0 Å². The highest BCUT2D eigenvalue weighted by atomic mass is 32.2. The first-order valence-corrected chi connectivity index (χ1v) is 14.4. The van der Waals surface area contributed by atoms with Crippen LogP contribution in [0.4, 0.5) is 17.3 Å². The highest BCUT2D eigenvalue weighted by Gasteiger charge is 2.19. The Kier molecular flexibility index (Phi) is 7.37. The van der Waals surface area contributed by atoms with E-state index in [1.54, 1.807) is 43.5 Å². The predicted molar refractivity (Wildman–Crippen MR) is 154 cm³/mol. The van der Waals surface area contributed by atoms with Gasteiger partial charge in [-0.3, -0.25) is 9.36 Å². The van der Waals surface area contributed by atoms with E-state index < -0.39 is 15.4 Å². The number of terminal acetylenes is 1. The maximum atomic E-state index is 13.3. The minimum Gasteiger partial charge on any atom is -0.369 e. The molecule has 0 atom stereocenters. The van der Waals surface area contributed by atoms with Crippen molar-refractivity contribution in [2.75, 3.05) is 49.2 Å². The second-order valence-corrected chi connectivity index (χ2v) is 11.8. The third-order valence-corrected chi connectivity index (χ3v) is 8.82. The molecule has 0 amide bonds. The summed E-state index contributed by atoms with van der Waals surface area (Å²) in [5.74, 6) is 2.69. The molecular weight excluding hydrogens is 512 g/mol. The molecule has 9 nitrogen and oxygen atoms in total. The summed E-state index contributed by atoms with van der Waals surface area (Å²) in [5.41, 5.74) is 2.54. The number of rotatable bonds is 7. The molecular formula is C29H30N6O3S. The summed E-state index contributed by atoms with van der Waals surface area (Å²) >= 11 is 0. The first kappa shape index (κ1) is 26.4. The largest absolute Gasteiger partial charge is 0.369 e. The molecule has 0 spiro atoms. The van der Waals surface area contributed by atoms with Crippen molar-refractivity contribution in [3.63, 3.8) is 0 Å². The molecule has 10 heteroatoms. The van der Waals surface area contributed by atoms with Gasteiger partial charge in [0.2, 0.25) is 5.95 Å². The molecule has 0 bridgehead atoms. The SMILES string of the molecule is C#Cc1cc2cnc(Nc3ccc(N4CCN(C)CC4)cc3)nc2n(Cc2ccccc2S(=O)(=O)CC)c1=O. The topological polar surface area (TPSA) is 100 Å². The Balaban J connectivity index is 1.49. The van der Waals surface area contributed by atoms with E-state index in [0.717, 1.165) is 37.6 Å². The van der Waals surface area contributed by atoms with Gasteiger partial charge in [-0.15, -0.1) is 6.42 Å². The average molecular weight is 543 g/mol. The fraction of sp³-hybridized carbons (Fsp3) is 0.276. The van der Waals surface area contributed by atoms with Gasteiger partial charge in [-0.1, -0.05) is 31.0 Å². The lowest BCUT2D eigenvalue weighted by molar-refractivity contribution is 0.313. The summed E-state index contributed by atoms with van der Waals surface area (Å²) in [6.07, 6.45) is 7.22. The highest BCUT2D eigenvalue weighted by Crippen LogP contribution is 2.23. The number of nitrogens with zero attached hydrogens (tertiary/aromatic N) is 5.